The van der Waals surface area contributed by atoms with Crippen LogP contribution in [0.5, 0.6) is 5.88 Å². The van der Waals surface area contributed by atoms with Gasteiger partial charge in [-0.05, 0) is 19.1 Å². The van der Waals surface area contributed by atoms with Crippen molar-refractivity contribution < 1.29 is 21.9 Å². The lowest BCUT2D eigenvalue weighted by Crippen LogP contribution is -2.15. The van der Waals surface area contributed by atoms with Crippen LogP contribution in [0.25, 0.3) is 0 Å². The van der Waals surface area contributed by atoms with Crippen LogP contribution in [-0.4, -0.2) is 20.0 Å². The van der Waals surface area contributed by atoms with Crippen molar-refractivity contribution in [2.75, 3.05) is 11.3 Å². The standard InChI is InChI=1S/C12H12F2N2O3S2/c1-2-19-12-9(4-3-5-15-12)16-21(17,18)10-7-20-6-8(10)11(13)14/h3-7,11,16H,2H2,1H3. The van der Waals surface area contributed by atoms with Gasteiger partial charge in [0.2, 0.25) is 5.88 Å². The fraction of sp³-hybridized carbons (Fsp3) is 0.250. The number of nitrogens with zero attached hydrogens (tertiary/aromatic N) is 1. The quantitative estimate of drug-likeness (QED) is 0.880. The molecule has 0 aromatic carbocycles. The summed E-state index contributed by atoms with van der Waals surface area (Å²) in [6.45, 7) is 2.02. The van der Waals surface area contributed by atoms with Crippen LogP contribution < -0.4 is 9.46 Å². The van der Waals surface area contributed by atoms with Crippen LogP contribution in [0.2, 0.25) is 0 Å². The van der Waals surface area contributed by atoms with Gasteiger partial charge >= 0.3 is 0 Å². The fourth-order valence-corrected chi connectivity index (χ4v) is 4.06. The predicted molar refractivity (Wildman–Crippen MR) is 75.5 cm³/mol. The van der Waals surface area contributed by atoms with E-state index >= 15 is 0 Å². The lowest BCUT2D eigenvalue weighted by molar-refractivity contribution is 0.148. The first-order valence-corrected chi connectivity index (χ1v) is 8.33. The smallest absolute Gasteiger partial charge is 0.265 e. The van der Waals surface area contributed by atoms with Gasteiger partial charge in [0, 0.05) is 22.5 Å². The van der Waals surface area contributed by atoms with Crippen LogP contribution in [0.4, 0.5) is 14.5 Å². The molecule has 2 aromatic heterocycles. The number of rotatable bonds is 6. The van der Waals surface area contributed by atoms with E-state index in [2.05, 4.69) is 9.71 Å². The van der Waals surface area contributed by atoms with Crippen molar-refractivity contribution >= 4 is 27.0 Å². The minimum Gasteiger partial charge on any atom is -0.476 e. The highest BCUT2D eigenvalue weighted by atomic mass is 32.2. The number of aromatic nitrogens is 1. The zero-order chi connectivity index (χ0) is 15.5. The van der Waals surface area contributed by atoms with Crippen LogP contribution in [-0.2, 0) is 10.0 Å². The Morgan fingerprint density at radius 2 is 2.19 bits per heavy atom. The SMILES string of the molecule is CCOc1ncccc1NS(=O)(=O)c1cscc1C(F)F. The van der Waals surface area contributed by atoms with E-state index in [1.807, 2.05) is 0 Å². The number of hydrogen-bond donors (Lipinski definition) is 1. The molecule has 0 aliphatic rings. The van der Waals surface area contributed by atoms with Crippen molar-refractivity contribution in [3.8, 4) is 5.88 Å². The van der Waals surface area contributed by atoms with Gasteiger partial charge in [-0.1, -0.05) is 0 Å². The first-order chi connectivity index (χ1) is 9.95. The molecule has 0 radical (unpaired) electrons. The van der Waals surface area contributed by atoms with Crippen molar-refractivity contribution in [1.29, 1.82) is 0 Å². The third-order valence-corrected chi connectivity index (χ3v) is 4.81. The molecule has 5 nitrogen and oxygen atoms in total. The molecule has 0 saturated carbocycles. The van der Waals surface area contributed by atoms with Crippen LogP contribution in [0.1, 0.15) is 18.9 Å². The molecule has 0 aliphatic carbocycles. The number of ether oxygens (including phenoxy) is 1. The van der Waals surface area contributed by atoms with E-state index in [-0.39, 0.29) is 11.6 Å². The van der Waals surface area contributed by atoms with Crippen LogP contribution in [0, 0.1) is 0 Å². The largest absolute Gasteiger partial charge is 0.476 e. The Kier molecular flexibility index (Phi) is 4.73. The summed E-state index contributed by atoms with van der Waals surface area (Å²) in [6.07, 6.45) is -1.42. The average Bonchev–Trinajstić information content (AvgIpc) is 2.91. The first-order valence-electron chi connectivity index (χ1n) is 5.90. The summed E-state index contributed by atoms with van der Waals surface area (Å²) in [6, 6.07) is 2.96. The summed E-state index contributed by atoms with van der Waals surface area (Å²) < 4.78 is 57.5. The number of sulfonamides is 1. The Hall–Kier alpha value is -1.74. The van der Waals surface area contributed by atoms with Gasteiger partial charge in [0.1, 0.15) is 10.6 Å². The number of halogens is 2. The zero-order valence-electron chi connectivity index (χ0n) is 10.9. The fourth-order valence-electron chi connectivity index (χ4n) is 1.59. The summed E-state index contributed by atoms with van der Waals surface area (Å²) in [4.78, 5) is 3.46. The highest BCUT2D eigenvalue weighted by Gasteiger charge is 2.25. The second-order valence-electron chi connectivity index (χ2n) is 3.89. The monoisotopic (exact) mass is 334 g/mol. The second-order valence-corrected chi connectivity index (χ2v) is 6.28. The molecule has 0 unspecified atom stereocenters. The van der Waals surface area contributed by atoms with E-state index in [0.717, 1.165) is 16.7 Å². The molecule has 21 heavy (non-hydrogen) atoms. The minimum atomic E-state index is -4.13. The molecule has 2 heterocycles. The predicted octanol–water partition coefficient (Wildman–Crippen LogP) is 3.28. The molecule has 0 saturated heterocycles. The summed E-state index contributed by atoms with van der Waals surface area (Å²) in [5.74, 6) is 0.0948. The number of nitrogens with one attached hydrogen (secondary N) is 1. The molecule has 1 N–H and O–H groups in total. The van der Waals surface area contributed by atoms with Gasteiger partial charge in [0.25, 0.3) is 16.4 Å². The zero-order valence-corrected chi connectivity index (χ0v) is 12.5. The molecule has 0 spiro atoms. The highest BCUT2D eigenvalue weighted by molar-refractivity contribution is 7.93. The molecule has 0 bridgehead atoms. The van der Waals surface area contributed by atoms with Crippen molar-refractivity contribution in [3.63, 3.8) is 0 Å². The molecule has 2 aromatic rings. The Balaban J connectivity index is 2.36. The Labute approximate surface area is 124 Å². The first kappa shape index (κ1) is 15.6. The van der Waals surface area contributed by atoms with Gasteiger partial charge in [-0.3, -0.25) is 4.72 Å². The van der Waals surface area contributed by atoms with Gasteiger partial charge in [0.15, 0.2) is 0 Å². The van der Waals surface area contributed by atoms with Crippen molar-refractivity contribution in [3.05, 3.63) is 34.7 Å². The Morgan fingerprint density at radius 1 is 1.43 bits per heavy atom. The maximum absolute atomic E-state index is 12.8. The van der Waals surface area contributed by atoms with Crippen LogP contribution in [0.15, 0.2) is 34.0 Å². The topological polar surface area (TPSA) is 68.3 Å². The van der Waals surface area contributed by atoms with Gasteiger partial charge in [-0.25, -0.2) is 22.2 Å². The third kappa shape index (κ3) is 3.48. The van der Waals surface area contributed by atoms with E-state index in [9.17, 15) is 17.2 Å². The van der Waals surface area contributed by atoms with Gasteiger partial charge in [-0.2, -0.15) is 11.3 Å². The molecule has 9 heteroatoms. The Morgan fingerprint density at radius 3 is 2.86 bits per heavy atom. The van der Waals surface area contributed by atoms with Crippen LogP contribution >= 0.6 is 11.3 Å². The maximum Gasteiger partial charge on any atom is 0.265 e. The summed E-state index contributed by atoms with van der Waals surface area (Å²) in [5.41, 5.74) is -0.417. The van der Waals surface area contributed by atoms with E-state index in [0.29, 0.717) is 6.61 Å². The average molecular weight is 334 g/mol. The summed E-state index contributed by atoms with van der Waals surface area (Å²) in [5, 5.41) is 2.28. The van der Waals surface area contributed by atoms with E-state index in [1.165, 1.54) is 23.7 Å². The minimum absolute atomic E-state index is 0.0948. The van der Waals surface area contributed by atoms with Crippen LogP contribution in [0.3, 0.4) is 0 Å². The molecule has 0 amide bonds. The molecular weight excluding hydrogens is 322 g/mol. The molecule has 2 rings (SSSR count). The summed E-state index contributed by atoms with van der Waals surface area (Å²) >= 11 is 0.900. The highest BCUT2D eigenvalue weighted by Crippen LogP contribution is 2.32. The normalized spacial score (nSPS) is 11.6. The Bertz CT molecular complexity index is 717. The number of pyridine rings is 1. The second kappa shape index (κ2) is 6.35. The number of thiophene rings is 1. The lowest BCUT2D eigenvalue weighted by Gasteiger charge is -2.11. The number of anilines is 1. The molecule has 114 valence electrons. The van der Waals surface area contributed by atoms with Crippen molar-refractivity contribution in [2.24, 2.45) is 0 Å². The number of alkyl halides is 2. The van der Waals surface area contributed by atoms with Crippen molar-refractivity contribution in [1.82, 2.24) is 4.98 Å². The molecule has 0 fully saturated rings. The molecular formula is C12H12F2N2O3S2. The van der Waals surface area contributed by atoms with E-state index in [1.54, 1.807) is 6.92 Å². The molecule has 0 aliphatic heterocycles. The van der Waals surface area contributed by atoms with Gasteiger partial charge < -0.3 is 4.74 Å². The molecule has 0 atom stereocenters. The third-order valence-electron chi connectivity index (χ3n) is 2.48. The lowest BCUT2D eigenvalue weighted by atomic mass is 10.4. The van der Waals surface area contributed by atoms with E-state index in [4.69, 9.17) is 4.74 Å². The van der Waals surface area contributed by atoms with Gasteiger partial charge in [0.05, 0.1) is 6.61 Å². The maximum atomic E-state index is 12.8. The van der Waals surface area contributed by atoms with Gasteiger partial charge in [-0.15, -0.1) is 0 Å². The summed E-state index contributed by atoms with van der Waals surface area (Å²) in [7, 11) is -4.13. The number of hydrogen-bond acceptors (Lipinski definition) is 5. The van der Waals surface area contributed by atoms with E-state index < -0.39 is 26.9 Å². The van der Waals surface area contributed by atoms with Crippen molar-refractivity contribution in [2.45, 2.75) is 18.2 Å².